The summed E-state index contributed by atoms with van der Waals surface area (Å²) in [5, 5.41) is 22.1. The second kappa shape index (κ2) is 8.27. The van der Waals surface area contributed by atoms with Crippen LogP contribution in [-0.4, -0.2) is 72.8 Å². The van der Waals surface area contributed by atoms with Crippen molar-refractivity contribution in [1.29, 1.82) is 0 Å². The van der Waals surface area contributed by atoms with Crippen LogP contribution >= 0.6 is 0 Å². The van der Waals surface area contributed by atoms with Gasteiger partial charge in [0.05, 0.1) is 36.8 Å². The summed E-state index contributed by atoms with van der Waals surface area (Å²) in [6, 6.07) is 5.11. The summed E-state index contributed by atoms with van der Waals surface area (Å²) in [6.07, 6.45) is -0.272. The van der Waals surface area contributed by atoms with Crippen molar-refractivity contribution >= 4 is 21.4 Å². The average molecular weight is 370 g/mol. The Kier molecular flexibility index (Phi) is 6.56. The molecule has 7 nitrogen and oxygen atoms in total. The van der Waals surface area contributed by atoms with Gasteiger partial charge in [-0.05, 0) is 24.5 Å². The zero-order chi connectivity index (χ0) is 18.6. The van der Waals surface area contributed by atoms with E-state index in [1.54, 1.807) is 0 Å². The minimum atomic E-state index is -3.33. The van der Waals surface area contributed by atoms with E-state index in [-0.39, 0.29) is 37.1 Å². The normalized spacial score (nSPS) is 22.3. The van der Waals surface area contributed by atoms with Gasteiger partial charge in [-0.25, -0.2) is 8.42 Å². The number of rotatable bonds is 7. The van der Waals surface area contributed by atoms with Crippen molar-refractivity contribution in [2.24, 2.45) is 0 Å². The maximum absolute atomic E-state index is 12.5. The van der Waals surface area contributed by atoms with Gasteiger partial charge in [-0.15, -0.1) is 0 Å². The predicted molar refractivity (Wildman–Crippen MR) is 96.3 cm³/mol. The number of benzene rings is 1. The number of hydrogen-bond donors (Lipinski definition) is 3. The van der Waals surface area contributed by atoms with E-state index < -0.39 is 22.0 Å². The number of sulfone groups is 1. The summed E-state index contributed by atoms with van der Waals surface area (Å²) in [5.41, 5.74) is 2.73. The number of carbonyl (C=O) groups is 1. The van der Waals surface area contributed by atoms with Crippen molar-refractivity contribution in [2.75, 3.05) is 36.5 Å². The highest BCUT2D eigenvalue weighted by atomic mass is 32.2. The Morgan fingerprint density at radius 1 is 1.36 bits per heavy atom. The Labute approximate surface area is 148 Å². The van der Waals surface area contributed by atoms with Crippen molar-refractivity contribution in [3.8, 4) is 0 Å². The molecule has 1 fully saturated rings. The van der Waals surface area contributed by atoms with E-state index in [2.05, 4.69) is 5.32 Å². The summed E-state index contributed by atoms with van der Waals surface area (Å²) in [6.45, 7) is 3.73. The zero-order valence-corrected chi connectivity index (χ0v) is 15.4. The first kappa shape index (κ1) is 19.8. The topological polar surface area (TPSA) is 107 Å². The van der Waals surface area contributed by atoms with Crippen LogP contribution in [-0.2, 0) is 21.1 Å². The molecule has 1 aliphatic rings. The van der Waals surface area contributed by atoms with Gasteiger partial charge in [-0.1, -0.05) is 25.1 Å². The monoisotopic (exact) mass is 370 g/mol. The number of hydrogen-bond acceptors (Lipinski definition) is 6. The number of aliphatic hydroxyl groups excluding tert-OH is 2. The molecule has 1 aromatic rings. The lowest BCUT2D eigenvalue weighted by Crippen LogP contribution is -2.48. The molecule has 1 aromatic carbocycles. The molecule has 1 saturated heterocycles. The summed E-state index contributed by atoms with van der Waals surface area (Å²) in [7, 11) is -3.33. The van der Waals surface area contributed by atoms with Crippen LogP contribution in [0.15, 0.2) is 18.2 Å². The third kappa shape index (κ3) is 5.01. The number of amides is 1. The molecule has 0 spiro atoms. The summed E-state index contributed by atoms with van der Waals surface area (Å²) in [5.74, 6) is -0.806. The second-order valence-corrected chi connectivity index (χ2v) is 8.57. The molecular weight excluding hydrogens is 344 g/mol. The van der Waals surface area contributed by atoms with Crippen molar-refractivity contribution in [1.82, 2.24) is 4.90 Å². The average Bonchev–Trinajstić information content (AvgIpc) is 2.81. The van der Waals surface area contributed by atoms with Gasteiger partial charge in [-0.2, -0.15) is 0 Å². The third-order valence-corrected chi connectivity index (χ3v) is 6.20. The van der Waals surface area contributed by atoms with E-state index in [0.29, 0.717) is 0 Å². The molecule has 0 aliphatic carbocycles. The molecule has 8 heteroatoms. The van der Waals surface area contributed by atoms with Crippen molar-refractivity contribution in [2.45, 2.75) is 32.4 Å². The minimum Gasteiger partial charge on any atom is -0.395 e. The minimum absolute atomic E-state index is 0.0880. The fourth-order valence-corrected chi connectivity index (χ4v) is 5.05. The fraction of sp³-hybridized carbons (Fsp3) is 0.588. The zero-order valence-electron chi connectivity index (χ0n) is 14.6. The fourth-order valence-electron chi connectivity index (χ4n) is 3.22. The molecule has 0 saturated carbocycles. The molecule has 3 N–H and O–H groups in total. The summed E-state index contributed by atoms with van der Waals surface area (Å²) < 4.78 is 23.4. The van der Waals surface area contributed by atoms with E-state index in [4.69, 9.17) is 0 Å². The predicted octanol–water partition coefficient (Wildman–Crippen LogP) is -0.0519. The third-order valence-electron chi connectivity index (χ3n) is 4.50. The van der Waals surface area contributed by atoms with Crippen molar-refractivity contribution in [3.63, 3.8) is 0 Å². The molecule has 0 aromatic heterocycles. The maximum atomic E-state index is 12.5. The smallest absolute Gasteiger partial charge is 0.238 e. The van der Waals surface area contributed by atoms with Gasteiger partial charge in [0.25, 0.3) is 0 Å². The lowest BCUT2D eigenvalue weighted by Gasteiger charge is -2.29. The first-order valence-electron chi connectivity index (χ1n) is 8.39. The Balaban J connectivity index is 2.11. The van der Waals surface area contributed by atoms with Gasteiger partial charge in [0.15, 0.2) is 9.84 Å². The summed E-state index contributed by atoms with van der Waals surface area (Å²) in [4.78, 5) is 14.0. The van der Waals surface area contributed by atoms with E-state index in [9.17, 15) is 23.4 Å². The molecule has 2 rings (SSSR count). The Morgan fingerprint density at radius 2 is 2.08 bits per heavy atom. The van der Waals surface area contributed by atoms with Gasteiger partial charge in [0.1, 0.15) is 0 Å². The van der Waals surface area contributed by atoms with Crippen LogP contribution in [0.4, 0.5) is 5.69 Å². The molecule has 25 heavy (non-hydrogen) atoms. The van der Waals surface area contributed by atoms with Crippen LogP contribution in [0.1, 0.15) is 18.1 Å². The van der Waals surface area contributed by atoms with Crippen molar-refractivity contribution in [3.05, 3.63) is 29.3 Å². The van der Waals surface area contributed by atoms with Crippen LogP contribution < -0.4 is 5.32 Å². The van der Waals surface area contributed by atoms with Crippen LogP contribution in [0.2, 0.25) is 0 Å². The Bertz CT molecular complexity index is 720. The van der Waals surface area contributed by atoms with E-state index in [1.807, 2.05) is 32.0 Å². The van der Waals surface area contributed by atoms with Crippen LogP contribution in [0.25, 0.3) is 0 Å². The number of anilines is 1. The van der Waals surface area contributed by atoms with Crippen LogP contribution in [0.3, 0.4) is 0 Å². The van der Waals surface area contributed by atoms with Gasteiger partial charge in [-0.3, -0.25) is 9.69 Å². The van der Waals surface area contributed by atoms with E-state index in [1.165, 1.54) is 4.90 Å². The molecule has 0 radical (unpaired) electrons. The van der Waals surface area contributed by atoms with Gasteiger partial charge < -0.3 is 15.5 Å². The number of nitrogens with one attached hydrogen (secondary N) is 1. The molecular formula is C17H26N2O5S. The quantitative estimate of drug-likeness (QED) is 0.621. The highest BCUT2D eigenvalue weighted by molar-refractivity contribution is 7.91. The lowest BCUT2D eigenvalue weighted by molar-refractivity contribution is -0.118. The first-order chi connectivity index (χ1) is 11.8. The Hall–Kier alpha value is -1.48. The number of para-hydroxylation sites is 1. The SMILES string of the molecule is CCc1cccc(C)c1NC(=O)CN(CCO)C1CS(=O)(=O)CC1O. The molecule has 1 amide bonds. The molecule has 1 heterocycles. The van der Waals surface area contributed by atoms with Crippen LogP contribution in [0, 0.1) is 6.92 Å². The van der Waals surface area contributed by atoms with Gasteiger partial charge in [0, 0.05) is 12.2 Å². The van der Waals surface area contributed by atoms with Gasteiger partial charge >= 0.3 is 0 Å². The number of aliphatic hydroxyl groups is 2. The number of carbonyl (C=O) groups excluding carboxylic acids is 1. The lowest BCUT2D eigenvalue weighted by atomic mass is 10.1. The molecule has 2 atom stereocenters. The largest absolute Gasteiger partial charge is 0.395 e. The van der Waals surface area contributed by atoms with Crippen LogP contribution in [0.5, 0.6) is 0 Å². The molecule has 0 bridgehead atoms. The molecule has 1 aliphatic heterocycles. The van der Waals surface area contributed by atoms with E-state index in [0.717, 1.165) is 23.2 Å². The maximum Gasteiger partial charge on any atom is 0.238 e. The highest BCUT2D eigenvalue weighted by Crippen LogP contribution is 2.22. The van der Waals surface area contributed by atoms with Crippen molar-refractivity contribution < 1.29 is 23.4 Å². The highest BCUT2D eigenvalue weighted by Gasteiger charge is 2.40. The number of nitrogens with zero attached hydrogens (tertiary/aromatic N) is 1. The molecule has 140 valence electrons. The Morgan fingerprint density at radius 3 is 2.64 bits per heavy atom. The standard InChI is InChI=1S/C17H26N2O5S/c1-3-13-6-4-5-12(2)17(13)18-16(22)9-19(7-8-20)14-10-25(23,24)11-15(14)21/h4-6,14-15,20-21H,3,7-11H2,1-2H3,(H,18,22). The van der Waals surface area contributed by atoms with E-state index >= 15 is 0 Å². The first-order valence-corrected chi connectivity index (χ1v) is 10.2. The second-order valence-electron chi connectivity index (χ2n) is 6.42. The molecule has 2 unspecified atom stereocenters. The summed E-state index contributed by atoms with van der Waals surface area (Å²) >= 11 is 0. The number of aryl methyl sites for hydroxylation is 2. The van der Waals surface area contributed by atoms with Gasteiger partial charge in [0.2, 0.25) is 5.91 Å².